The standard InChI is InChI=1S/C6H8N4O/c1-4(2-9-10-7)5-3-8-6(5)11/h2-3H2,1H3,(H,8,11). The van der Waals surface area contributed by atoms with Gasteiger partial charge >= 0.3 is 0 Å². The second-order valence-electron chi connectivity index (χ2n) is 2.33. The highest BCUT2D eigenvalue weighted by atomic mass is 16.2. The summed E-state index contributed by atoms with van der Waals surface area (Å²) in [6.07, 6.45) is 0. The van der Waals surface area contributed by atoms with Crippen molar-refractivity contribution in [1.29, 1.82) is 0 Å². The number of β-lactam (4-membered cyclic amide) rings is 1. The molecule has 0 aromatic heterocycles. The zero-order valence-electron chi connectivity index (χ0n) is 6.16. The molecule has 1 N–H and O–H groups in total. The van der Waals surface area contributed by atoms with E-state index < -0.39 is 0 Å². The van der Waals surface area contributed by atoms with E-state index in [2.05, 4.69) is 15.3 Å². The Balaban J connectivity index is 2.63. The Morgan fingerprint density at radius 1 is 1.91 bits per heavy atom. The van der Waals surface area contributed by atoms with Gasteiger partial charge in [-0.2, -0.15) is 0 Å². The van der Waals surface area contributed by atoms with E-state index in [-0.39, 0.29) is 5.91 Å². The fourth-order valence-electron chi connectivity index (χ4n) is 0.827. The second kappa shape index (κ2) is 3.07. The number of rotatable bonds is 2. The molecule has 0 aliphatic carbocycles. The molecule has 0 unspecified atom stereocenters. The van der Waals surface area contributed by atoms with Gasteiger partial charge in [-0.1, -0.05) is 10.7 Å². The minimum atomic E-state index is -0.0457. The molecule has 1 saturated heterocycles. The fraction of sp³-hybridized carbons (Fsp3) is 0.500. The maximum absolute atomic E-state index is 10.7. The molecule has 1 fully saturated rings. The van der Waals surface area contributed by atoms with Crippen molar-refractivity contribution in [3.63, 3.8) is 0 Å². The van der Waals surface area contributed by atoms with Crippen LogP contribution >= 0.6 is 0 Å². The number of hydrogen-bond acceptors (Lipinski definition) is 2. The van der Waals surface area contributed by atoms with Crippen molar-refractivity contribution in [1.82, 2.24) is 5.32 Å². The van der Waals surface area contributed by atoms with E-state index in [4.69, 9.17) is 5.53 Å². The van der Waals surface area contributed by atoms with Crippen LogP contribution in [-0.4, -0.2) is 19.0 Å². The molecule has 1 amide bonds. The van der Waals surface area contributed by atoms with Crippen LogP contribution < -0.4 is 5.32 Å². The molecule has 11 heavy (non-hydrogen) atoms. The van der Waals surface area contributed by atoms with Crippen LogP contribution in [0.1, 0.15) is 6.92 Å². The maximum Gasteiger partial charge on any atom is 0.249 e. The molecule has 1 aliphatic heterocycles. The van der Waals surface area contributed by atoms with Crippen molar-refractivity contribution >= 4 is 5.91 Å². The number of carbonyl (C=O) groups is 1. The van der Waals surface area contributed by atoms with E-state index in [1.165, 1.54) is 0 Å². The van der Waals surface area contributed by atoms with Gasteiger partial charge in [0.15, 0.2) is 0 Å². The molecule has 0 saturated carbocycles. The molecule has 1 rings (SSSR count). The van der Waals surface area contributed by atoms with Crippen LogP contribution in [0.25, 0.3) is 10.4 Å². The Hall–Kier alpha value is -1.48. The third-order valence-corrected chi connectivity index (χ3v) is 1.59. The van der Waals surface area contributed by atoms with E-state index in [9.17, 15) is 4.79 Å². The second-order valence-corrected chi connectivity index (χ2v) is 2.33. The van der Waals surface area contributed by atoms with Gasteiger partial charge in [-0.25, -0.2) is 0 Å². The van der Waals surface area contributed by atoms with Crippen molar-refractivity contribution in [2.75, 3.05) is 13.1 Å². The van der Waals surface area contributed by atoms with Gasteiger partial charge in [0.2, 0.25) is 5.91 Å². The van der Waals surface area contributed by atoms with Crippen molar-refractivity contribution in [3.8, 4) is 0 Å². The Kier molecular flexibility index (Phi) is 2.13. The summed E-state index contributed by atoms with van der Waals surface area (Å²) < 4.78 is 0. The Labute approximate surface area is 63.7 Å². The van der Waals surface area contributed by atoms with Gasteiger partial charge in [0.1, 0.15) is 0 Å². The van der Waals surface area contributed by atoms with Gasteiger partial charge in [-0.05, 0) is 12.5 Å². The molecule has 58 valence electrons. The molecule has 0 spiro atoms. The summed E-state index contributed by atoms with van der Waals surface area (Å²) in [7, 11) is 0. The zero-order chi connectivity index (χ0) is 8.27. The van der Waals surface area contributed by atoms with Crippen LogP contribution in [0.4, 0.5) is 0 Å². The molecule has 0 aromatic carbocycles. The molecule has 5 nitrogen and oxygen atoms in total. The highest BCUT2D eigenvalue weighted by Gasteiger charge is 2.20. The first-order valence-electron chi connectivity index (χ1n) is 3.23. The van der Waals surface area contributed by atoms with Crippen LogP contribution in [0.5, 0.6) is 0 Å². The lowest BCUT2D eigenvalue weighted by Gasteiger charge is -2.19. The molecule has 0 atom stereocenters. The van der Waals surface area contributed by atoms with E-state index in [0.717, 1.165) is 11.1 Å². The van der Waals surface area contributed by atoms with E-state index in [1.807, 2.05) is 0 Å². The first kappa shape index (κ1) is 7.63. The molecular formula is C6H8N4O. The third-order valence-electron chi connectivity index (χ3n) is 1.59. The average molecular weight is 152 g/mol. The summed E-state index contributed by atoms with van der Waals surface area (Å²) >= 11 is 0. The largest absolute Gasteiger partial charge is 0.348 e. The molecule has 0 bridgehead atoms. The minimum Gasteiger partial charge on any atom is -0.348 e. The van der Waals surface area contributed by atoms with Gasteiger partial charge in [0, 0.05) is 23.6 Å². The SMILES string of the molecule is CC(CN=[N+]=[N-])=C1CNC1=O. The van der Waals surface area contributed by atoms with Gasteiger partial charge in [0.05, 0.1) is 0 Å². The summed E-state index contributed by atoms with van der Waals surface area (Å²) in [4.78, 5) is 13.3. The topological polar surface area (TPSA) is 77.9 Å². The summed E-state index contributed by atoms with van der Waals surface area (Å²) in [5, 5.41) is 5.94. The number of hydrogen-bond donors (Lipinski definition) is 1. The fourth-order valence-corrected chi connectivity index (χ4v) is 0.827. The molecule has 0 aromatic rings. The lowest BCUT2D eigenvalue weighted by Crippen LogP contribution is -2.42. The zero-order valence-corrected chi connectivity index (χ0v) is 6.16. The van der Waals surface area contributed by atoms with Crippen molar-refractivity contribution in [2.24, 2.45) is 5.11 Å². The monoisotopic (exact) mass is 152 g/mol. The predicted octanol–water partition coefficient (Wildman–Crippen LogP) is 0.743. The Morgan fingerprint density at radius 2 is 2.64 bits per heavy atom. The Morgan fingerprint density at radius 3 is 3.00 bits per heavy atom. The lowest BCUT2D eigenvalue weighted by atomic mass is 10.0. The number of nitrogens with zero attached hydrogens (tertiary/aromatic N) is 3. The molecule has 5 heteroatoms. The normalized spacial score (nSPS) is 19.5. The quantitative estimate of drug-likeness (QED) is 0.204. The van der Waals surface area contributed by atoms with Crippen LogP contribution in [0, 0.1) is 0 Å². The first-order valence-corrected chi connectivity index (χ1v) is 3.23. The summed E-state index contributed by atoms with van der Waals surface area (Å²) in [5.74, 6) is -0.0457. The predicted molar refractivity (Wildman–Crippen MR) is 39.7 cm³/mol. The van der Waals surface area contributed by atoms with Gasteiger partial charge in [0.25, 0.3) is 0 Å². The first-order chi connectivity index (χ1) is 5.25. The van der Waals surface area contributed by atoms with Crippen LogP contribution in [0.3, 0.4) is 0 Å². The third kappa shape index (κ3) is 1.50. The molecule has 1 heterocycles. The number of azide groups is 1. The maximum atomic E-state index is 10.7. The average Bonchev–Trinajstić information content (AvgIpc) is 1.98. The highest BCUT2D eigenvalue weighted by Crippen LogP contribution is 2.10. The van der Waals surface area contributed by atoms with Crippen LogP contribution in [-0.2, 0) is 4.79 Å². The van der Waals surface area contributed by atoms with Gasteiger partial charge in [-0.15, -0.1) is 0 Å². The van der Waals surface area contributed by atoms with E-state index >= 15 is 0 Å². The van der Waals surface area contributed by atoms with Crippen LogP contribution in [0.15, 0.2) is 16.3 Å². The molecule has 0 radical (unpaired) electrons. The number of nitrogens with one attached hydrogen (secondary N) is 1. The minimum absolute atomic E-state index is 0.0457. The molecule has 1 aliphatic rings. The van der Waals surface area contributed by atoms with E-state index in [1.54, 1.807) is 6.92 Å². The number of carbonyl (C=O) groups excluding carboxylic acids is 1. The van der Waals surface area contributed by atoms with Gasteiger partial charge < -0.3 is 5.32 Å². The van der Waals surface area contributed by atoms with Crippen molar-refractivity contribution in [3.05, 3.63) is 21.6 Å². The molecular weight excluding hydrogens is 144 g/mol. The lowest BCUT2D eigenvalue weighted by molar-refractivity contribution is -0.120. The van der Waals surface area contributed by atoms with Gasteiger partial charge in [-0.3, -0.25) is 4.79 Å². The van der Waals surface area contributed by atoms with Crippen LogP contribution in [0.2, 0.25) is 0 Å². The Bertz CT molecular complexity index is 262. The highest BCUT2D eigenvalue weighted by molar-refractivity contribution is 6.00. The summed E-state index contributed by atoms with van der Waals surface area (Å²) in [5.41, 5.74) is 9.59. The summed E-state index contributed by atoms with van der Waals surface area (Å²) in [6, 6.07) is 0. The van der Waals surface area contributed by atoms with Crippen molar-refractivity contribution in [2.45, 2.75) is 6.92 Å². The van der Waals surface area contributed by atoms with Crippen molar-refractivity contribution < 1.29 is 4.79 Å². The summed E-state index contributed by atoms with van der Waals surface area (Å²) in [6.45, 7) is 2.69. The van der Waals surface area contributed by atoms with E-state index in [0.29, 0.717) is 13.1 Å². The smallest absolute Gasteiger partial charge is 0.249 e. The number of amides is 1.